The van der Waals surface area contributed by atoms with Crippen molar-refractivity contribution in [3.8, 4) is 28.2 Å². The van der Waals surface area contributed by atoms with Gasteiger partial charge in [0, 0.05) is 24.5 Å². The monoisotopic (exact) mass is 410 g/mol. The van der Waals surface area contributed by atoms with Crippen molar-refractivity contribution in [1.29, 1.82) is 0 Å². The van der Waals surface area contributed by atoms with Gasteiger partial charge in [-0.25, -0.2) is 0 Å². The van der Waals surface area contributed by atoms with Crippen molar-refractivity contribution in [2.24, 2.45) is 0 Å². The standard InChI is InChI=1S/C20H21F3N2O2S/c1-3-25-9-8-14(11-25)18-17(26)16(19(27-18)24-12-28-4-2)13-6-5-7-15(10-13)20(21,22)23/h5-11,24,26H,3-4,12H2,1-2H3. The van der Waals surface area contributed by atoms with E-state index >= 15 is 0 Å². The number of nitrogens with zero attached hydrogens (tertiary/aromatic N) is 1. The summed E-state index contributed by atoms with van der Waals surface area (Å²) in [5.41, 5.74) is 0.338. The van der Waals surface area contributed by atoms with E-state index in [1.54, 1.807) is 17.8 Å². The highest BCUT2D eigenvalue weighted by Crippen LogP contribution is 2.47. The molecule has 0 amide bonds. The molecule has 28 heavy (non-hydrogen) atoms. The van der Waals surface area contributed by atoms with E-state index in [-0.39, 0.29) is 28.5 Å². The number of anilines is 1. The van der Waals surface area contributed by atoms with Gasteiger partial charge in [0.2, 0.25) is 5.88 Å². The lowest BCUT2D eigenvalue weighted by Crippen LogP contribution is -2.04. The minimum Gasteiger partial charge on any atom is -0.504 e. The molecule has 150 valence electrons. The third kappa shape index (κ3) is 4.16. The van der Waals surface area contributed by atoms with E-state index < -0.39 is 11.7 Å². The number of aromatic nitrogens is 1. The molecule has 3 aromatic rings. The number of hydrogen-bond donors (Lipinski definition) is 2. The van der Waals surface area contributed by atoms with Crippen molar-refractivity contribution in [3.05, 3.63) is 48.3 Å². The summed E-state index contributed by atoms with van der Waals surface area (Å²) in [4.78, 5) is 0. The van der Waals surface area contributed by atoms with Crippen LogP contribution in [-0.2, 0) is 12.7 Å². The van der Waals surface area contributed by atoms with Gasteiger partial charge in [-0.1, -0.05) is 19.1 Å². The molecule has 0 fully saturated rings. The van der Waals surface area contributed by atoms with Crippen LogP contribution in [0.5, 0.6) is 5.75 Å². The maximum absolute atomic E-state index is 13.1. The number of alkyl halides is 3. The van der Waals surface area contributed by atoms with Gasteiger partial charge in [-0.2, -0.15) is 13.2 Å². The Morgan fingerprint density at radius 2 is 1.96 bits per heavy atom. The van der Waals surface area contributed by atoms with Crippen LogP contribution in [0.25, 0.3) is 22.5 Å². The molecule has 2 N–H and O–H groups in total. The van der Waals surface area contributed by atoms with Crippen LogP contribution in [0.2, 0.25) is 0 Å². The topological polar surface area (TPSA) is 50.3 Å². The Bertz CT molecular complexity index is 947. The van der Waals surface area contributed by atoms with Gasteiger partial charge >= 0.3 is 6.18 Å². The summed E-state index contributed by atoms with van der Waals surface area (Å²) in [6.45, 7) is 4.73. The van der Waals surface area contributed by atoms with Gasteiger partial charge in [0.25, 0.3) is 0 Å². The number of benzene rings is 1. The van der Waals surface area contributed by atoms with Crippen LogP contribution in [0.3, 0.4) is 0 Å². The SMILES string of the molecule is CCSCNc1oc(-c2ccn(CC)c2)c(O)c1-c1cccc(C(F)(F)F)c1. The van der Waals surface area contributed by atoms with Gasteiger partial charge in [-0.05, 0) is 36.4 Å². The number of nitrogens with one attached hydrogen (secondary N) is 1. The third-order valence-electron chi connectivity index (χ3n) is 4.28. The van der Waals surface area contributed by atoms with Gasteiger partial charge in [0.05, 0.1) is 17.0 Å². The highest BCUT2D eigenvalue weighted by Gasteiger charge is 2.31. The lowest BCUT2D eigenvalue weighted by molar-refractivity contribution is -0.137. The zero-order chi connectivity index (χ0) is 20.3. The van der Waals surface area contributed by atoms with Gasteiger partial charge in [0.15, 0.2) is 11.5 Å². The van der Waals surface area contributed by atoms with Gasteiger partial charge in [0.1, 0.15) is 0 Å². The normalized spacial score (nSPS) is 11.8. The fourth-order valence-corrected chi connectivity index (χ4v) is 3.29. The van der Waals surface area contributed by atoms with Crippen LogP contribution in [-0.4, -0.2) is 21.3 Å². The Hall–Kier alpha value is -2.48. The van der Waals surface area contributed by atoms with Crippen molar-refractivity contribution in [3.63, 3.8) is 0 Å². The average molecular weight is 410 g/mol. The number of rotatable bonds is 7. The molecule has 0 unspecified atom stereocenters. The minimum atomic E-state index is -4.47. The summed E-state index contributed by atoms with van der Waals surface area (Å²) in [7, 11) is 0. The molecule has 3 rings (SSSR count). The van der Waals surface area contributed by atoms with E-state index in [4.69, 9.17) is 4.42 Å². The Kier molecular flexibility index (Phi) is 5.98. The molecule has 0 aliphatic heterocycles. The highest BCUT2D eigenvalue weighted by atomic mass is 32.2. The fourth-order valence-electron chi connectivity index (χ4n) is 2.85. The van der Waals surface area contributed by atoms with Crippen molar-refractivity contribution in [1.82, 2.24) is 4.57 Å². The summed E-state index contributed by atoms with van der Waals surface area (Å²) in [6.07, 6.45) is -0.803. The molecule has 1 aromatic carbocycles. The molecule has 8 heteroatoms. The summed E-state index contributed by atoms with van der Waals surface area (Å²) in [5.74, 6) is 1.66. The molecule has 0 atom stereocenters. The average Bonchev–Trinajstić information content (AvgIpc) is 3.26. The van der Waals surface area contributed by atoms with E-state index in [1.165, 1.54) is 12.1 Å². The molecule has 0 saturated heterocycles. The molecular weight excluding hydrogens is 389 g/mol. The molecule has 0 spiro atoms. The predicted molar refractivity (Wildman–Crippen MR) is 107 cm³/mol. The molecule has 0 aliphatic carbocycles. The summed E-state index contributed by atoms with van der Waals surface area (Å²) in [5, 5.41) is 13.9. The number of furan rings is 1. The lowest BCUT2D eigenvalue weighted by Gasteiger charge is -2.10. The first kappa shape index (κ1) is 20.3. The van der Waals surface area contributed by atoms with E-state index in [2.05, 4.69) is 5.32 Å². The molecular formula is C20H21F3N2O2S. The Morgan fingerprint density at radius 1 is 1.18 bits per heavy atom. The first-order valence-electron chi connectivity index (χ1n) is 8.86. The molecule has 0 radical (unpaired) electrons. The van der Waals surface area contributed by atoms with E-state index in [0.29, 0.717) is 11.4 Å². The summed E-state index contributed by atoms with van der Waals surface area (Å²) < 4.78 is 47.2. The smallest absolute Gasteiger partial charge is 0.416 e. The van der Waals surface area contributed by atoms with Crippen LogP contribution in [0.15, 0.2) is 47.1 Å². The number of thioether (sulfide) groups is 1. The maximum Gasteiger partial charge on any atom is 0.416 e. The first-order chi connectivity index (χ1) is 13.3. The van der Waals surface area contributed by atoms with E-state index in [0.717, 1.165) is 24.4 Å². The number of halogens is 3. The molecule has 4 nitrogen and oxygen atoms in total. The molecule has 2 heterocycles. The molecule has 2 aromatic heterocycles. The zero-order valence-electron chi connectivity index (χ0n) is 15.5. The Labute approximate surface area is 165 Å². The van der Waals surface area contributed by atoms with Crippen LogP contribution >= 0.6 is 11.8 Å². The van der Waals surface area contributed by atoms with Crippen LogP contribution in [0.4, 0.5) is 19.1 Å². The maximum atomic E-state index is 13.1. The van der Waals surface area contributed by atoms with Crippen LogP contribution in [0, 0.1) is 0 Å². The second-order valence-corrected chi connectivity index (χ2v) is 7.38. The van der Waals surface area contributed by atoms with E-state index in [1.807, 2.05) is 30.8 Å². The predicted octanol–water partition coefficient (Wildman–Crippen LogP) is 6.28. The summed E-state index contributed by atoms with van der Waals surface area (Å²) >= 11 is 1.60. The van der Waals surface area contributed by atoms with Gasteiger partial charge in [-0.15, -0.1) is 11.8 Å². The first-order valence-corrected chi connectivity index (χ1v) is 10.0. The van der Waals surface area contributed by atoms with Crippen LogP contribution in [0.1, 0.15) is 19.4 Å². The van der Waals surface area contributed by atoms with Gasteiger partial charge < -0.3 is 19.4 Å². The fraction of sp³-hybridized carbons (Fsp3) is 0.300. The van der Waals surface area contributed by atoms with Crippen molar-refractivity contribution >= 4 is 17.6 Å². The van der Waals surface area contributed by atoms with Crippen molar-refractivity contribution in [2.75, 3.05) is 16.9 Å². The Morgan fingerprint density at radius 3 is 2.61 bits per heavy atom. The minimum absolute atomic E-state index is 0.183. The number of aryl methyl sites for hydroxylation is 1. The molecule has 0 bridgehead atoms. The quantitative estimate of drug-likeness (QED) is 0.355. The number of hydrogen-bond acceptors (Lipinski definition) is 4. The second-order valence-electron chi connectivity index (χ2n) is 6.11. The lowest BCUT2D eigenvalue weighted by atomic mass is 10.0. The molecule has 0 saturated carbocycles. The van der Waals surface area contributed by atoms with E-state index in [9.17, 15) is 18.3 Å². The van der Waals surface area contributed by atoms with Crippen LogP contribution < -0.4 is 5.32 Å². The Balaban J connectivity index is 2.10. The summed E-state index contributed by atoms with van der Waals surface area (Å²) in [6, 6.07) is 6.66. The zero-order valence-corrected chi connectivity index (χ0v) is 16.3. The third-order valence-corrected chi connectivity index (χ3v) is 5.04. The van der Waals surface area contributed by atoms with Crippen molar-refractivity contribution < 1.29 is 22.7 Å². The highest BCUT2D eigenvalue weighted by molar-refractivity contribution is 7.99. The largest absolute Gasteiger partial charge is 0.504 e. The van der Waals surface area contributed by atoms with Gasteiger partial charge in [-0.3, -0.25) is 0 Å². The number of aromatic hydroxyl groups is 1. The second kappa shape index (κ2) is 8.26. The molecule has 0 aliphatic rings. The van der Waals surface area contributed by atoms with Crippen molar-refractivity contribution in [2.45, 2.75) is 26.6 Å².